The molecule has 3 aromatic rings. The molecular formula is C14H9F3N2OS. The minimum atomic E-state index is -4.35. The summed E-state index contributed by atoms with van der Waals surface area (Å²) in [5.41, 5.74) is 0.358. The second kappa shape index (κ2) is 5.00. The third kappa shape index (κ3) is 2.69. The topological polar surface area (TPSA) is 34.9 Å². The Balaban J connectivity index is 1.92. The van der Waals surface area contributed by atoms with Gasteiger partial charge in [-0.2, -0.15) is 13.2 Å². The lowest BCUT2D eigenvalue weighted by Crippen LogP contribution is -2.20. The predicted molar refractivity (Wildman–Crippen MR) is 74.4 cm³/mol. The van der Waals surface area contributed by atoms with E-state index >= 15 is 0 Å². The molecule has 0 aliphatic rings. The van der Waals surface area contributed by atoms with Crippen molar-refractivity contribution in [1.29, 1.82) is 0 Å². The van der Waals surface area contributed by atoms with Gasteiger partial charge in [-0.25, -0.2) is 4.98 Å². The first-order valence-corrected chi connectivity index (χ1v) is 6.92. The first kappa shape index (κ1) is 13.8. The van der Waals surface area contributed by atoms with Gasteiger partial charge in [-0.15, -0.1) is 11.3 Å². The molecule has 2 aromatic heterocycles. The number of hydrogen-bond acceptors (Lipinski definition) is 3. The van der Waals surface area contributed by atoms with E-state index in [2.05, 4.69) is 4.98 Å². The van der Waals surface area contributed by atoms with E-state index in [4.69, 9.17) is 0 Å². The summed E-state index contributed by atoms with van der Waals surface area (Å²) in [6.45, 7) is 0.192. The molecule has 0 aliphatic carbocycles. The summed E-state index contributed by atoms with van der Waals surface area (Å²) >= 11 is 1.30. The van der Waals surface area contributed by atoms with E-state index < -0.39 is 11.7 Å². The molecule has 3 rings (SSSR count). The van der Waals surface area contributed by atoms with Crippen LogP contribution in [0.5, 0.6) is 0 Å². The molecule has 0 aliphatic heterocycles. The Morgan fingerprint density at radius 1 is 1.14 bits per heavy atom. The fourth-order valence-corrected chi connectivity index (χ4v) is 2.78. The maximum atomic E-state index is 12.5. The van der Waals surface area contributed by atoms with Gasteiger partial charge in [-0.05, 0) is 29.1 Å². The fourth-order valence-electron chi connectivity index (χ4n) is 1.99. The van der Waals surface area contributed by atoms with Crippen molar-refractivity contribution in [2.75, 3.05) is 0 Å². The van der Waals surface area contributed by atoms with Gasteiger partial charge in [-0.1, -0.05) is 12.1 Å². The first-order valence-electron chi connectivity index (χ1n) is 6.04. The van der Waals surface area contributed by atoms with Crippen LogP contribution in [-0.4, -0.2) is 9.55 Å². The smallest absolute Gasteiger partial charge is 0.294 e. The molecule has 0 bridgehead atoms. The largest absolute Gasteiger partial charge is 0.416 e. The van der Waals surface area contributed by atoms with Crippen molar-refractivity contribution >= 4 is 21.6 Å². The summed E-state index contributed by atoms with van der Waals surface area (Å²) in [5, 5.41) is 1.78. The van der Waals surface area contributed by atoms with E-state index in [0.29, 0.717) is 15.8 Å². The second-order valence-electron chi connectivity index (χ2n) is 4.51. The van der Waals surface area contributed by atoms with E-state index in [9.17, 15) is 18.0 Å². The zero-order chi connectivity index (χ0) is 15.0. The van der Waals surface area contributed by atoms with E-state index in [-0.39, 0.29) is 12.1 Å². The summed E-state index contributed by atoms with van der Waals surface area (Å²) in [7, 11) is 0. The second-order valence-corrected chi connectivity index (χ2v) is 5.42. The van der Waals surface area contributed by atoms with E-state index in [1.807, 2.05) is 0 Å². The Hall–Kier alpha value is -2.15. The molecule has 0 amide bonds. The van der Waals surface area contributed by atoms with Gasteiger partial charge in [0, 0.05) is 0 Å². The van der Waals surface area contributed by atoms with Crippen LogP contribution < -0.4 is 5.56 Å². The Morgan fingerprint density at radius 2 is 1.86 bits per heavy atom. The Labute approximate surface area is 121 Å². The Morgan fingerprint density at radius 3 is 2.52 bits per heavy atom. The lowest BCUT2D eigenvalue weighted by Gasteiger charge is -2.08. The molecule has 21 heavy (non-hydrogen) atoms. The number of fused-ring (bicyclic) bond motifs is 1. The Bertz CT molecular complexity index is 834. The quantitative estimate of drug-likeness (QED) is 0.726. The lowest BCUT2D eigenvalue weighted by atomic mass is 10.1. The van der Waals surface area contributed by atoms with Gasteiger partial charge in [0.1, 0.15) is 4.70 Å². The highest BCUT2D eigenvalue weighted by Gasteiger charge is 2.29. The molecule has 0 spiro atoms. The molecule has 3 nitrogen and oxygen atoms in total. The number of nitrogens with zero attached hydrogens (tertiary/aromatic N) is 2. The normalized spacial score (nSPS) is 12.0. The van der Waals surface area contributed by atoms with Gasteiger partial charge >= 0.3 is 6.18 Å². The SMILES string of the molecule is O=c1c2sccc2ncn1Cc1ccc(C(F)(F)F)cc1. The van der Waals surface area contributed by atoms with Gasteiger partial charge in [0.25, 0.3) is 5.56 Å². The first-order chi connectivity index (χ1) is 9.95. The number of thiophene rings is 1. The molecule has 0 atom stereocenters. The maximum absolute atomic E-state index is 12.5. The molecule has 108 valence electrons. The van der Waals surface area contributed by atoms with Crippen LogP contribution in [0, 0.1) is 0 Å². The average molecular weight is 310 g/mol. The molecular weight excluding hydrogens is 301 g/mol. The number of benzene rings is 1. The van der Waals surface area contributed by atoms with E-state index in [0.717, 1.165) is 12.1 Å². The fraction of sp³-hybridized carbons (Fsp3) is 0.143. The predicted octanol–water partition coefficient (Wildman–Crippen LogP) is 3.53. The summed E-state index contributed by atoms with van der Waals surface area (Å²) in [6.07, 6.45) is -2.94. The van der Waals surface area contributed by atoms with Gasteiger partial charge in [0.05, 0.1) is 24.0 Å². The molecule has 0 unspecified atom stereocenters. The van der Waals surface area contributed by atoms with Crippen molar-refractivity contribution in [3.63, 3.8) is 0 Å². The zero-order valence-corrected chi connectivity index (χ0v) is 11.4. The molecule has 0 saturated heterocycles. The van der Waals surface area contributed by atoms with Crippen LogP contribution in [0.3, 0.4) is 0 Å². The highest BCUT2D eigenvalue weighted by molar-refractivity contribution is 7.17. The van der Waals surface area contributed by atoms with Crippen LogP contribution in [0.15, 0.2) is 46.8 Å². The molecule has 1 aromatic carbocycles. The number of aromatic nitrogens is 2. The number of alkyl halides is 3. The molecule has 2 heterocycles. The summed E-state index contributed by atoms with van der Waals surface area (Å²) in [5.74, 6) is 0. The van der Waals surface area contributed by atoms with Crippen LogP contribution in [0.2, 0.25) is 0 Å². The third-order valence-electron chi connectivity index (χ3n) is 3.07. The van der Waals surface area contributed by atoms with Crippen molar-refractivity contribution in [1.82, 2.24) is 9.55 Å². The monoisotopic (exact) mass is 310 g/mol. The average Bonchev–Trinajstić information content (AvgIpc) is 2.91. The van der Waals surface area contributed by atoms with Gasteiger partial charge in [0.2, 0.25) is 0 Å². The van der Waals surface area contributed by atoms with Crippen molar-refractivity contribution in [3.8, 4) is 0 Å². The summed E-state index contributed by atoms with van der Waals surface area (Å²) in [4.78, 5) is 16.3. The van der Waals surface area contributed by atoms with Crippen molar-refractivity contribution in [2.24, 2.45) is 0 Å². The molecule has 0 radical (unpaired) electrons. The van der Waals surface area contributed by atoms with Crippen LogP contribution in [-0.2, 0) is 12.7 Å². The maximum Gasteiger partial charge on any atom is 0.416 e. The molecule has 0 fully saturated rings. The van der Waals surface area contributed by atoms with Crippen LogP contribution in [0.1, 0.15) is 11.1 Å². The number of hydrogen-bond donors (Lipinski definition) is 0. The molecule has 0 saturated carbocycles. The van der Waals surface area contributed by atoms with Crippen LogP contribution in [0.25, 0.3) is 10.2 Å². The minimum Gasteiger partial charge on any atom is -0.294 e. The highest BCUT2D eigenvalue weighted by atomic mass is 32.1. The Kier molecular flexibility index (Phi) is 3.29. The number of rotatable bonds is 2. The zero-order valence-electron chi connectivity index (χ0n) is 10.6. The summed E-state index contributed by atoms with van der Waals surface area (Å²) in [6, 6.07) is 6.51. The lowest BCUT2D eigenvalue weighted by molar-refractivity contribution is -0.137. The minimum absolute atomic E-state index is 0.185. The van der Waals surface area contributed by atoms with E-state index in [1.165, 1.54) is 34.4 Å². The summed E-state index contributed by atoms with van der Waals surface area (Å²) < 4.78 is 39.4. The van der Waals surface area contributed by atoms with Crippen molar-refractivity contribution in [3.05, 3.63) is 63.5 Å². The van der Waals surface area contributed by atoms with Gasteiger partial charge in [0.15, 0.2) is 0 Å². The van der Waals surface area contributed by atoms with Crippen molar-refractivity contribution in [2.45, 2.75) is 12.7 Å². The van der Waals surface area contributed by atoms with Gasteiger partial charge in [-0.3, -0.25) is 9.36 Å². The van der Waals surface area contributed by atoms with Crippen LogP contribution in [0.4, 0.5) is 13.2 Å². The highest BCUT2D eigenvalue weighted by Crippen LogP contribution is 2.29. The van der Waals surface area contributed by atoms with E-state index in [1.54, 1.807) is 11.4 Å². The van der Waals surface area contributed by atoms with Crippen molar-refractivity contribution < 1.29 is 13.2 Å². The van der Waals surface area contributed by atoms with Crippen LogP contribution >= 0.6 is 11.3 Å². The number of halogens is 3. The molecule has 0 N–H and O–H groups in total. The molecule has 7 heteroatoms. The standard InChI is InChI=1S/C14H9F3N2OS/c15-14(16,17)10-3-1-9(2-4-10)7-19-8-18-11-5-6-21-12(11)13(19)20/h1-6,8H,7H2. The van der Waals surface area contributed by atoms with Gasteiger partial charge < -0.3 is 0 Å². The third-order valence-corrected chi connectivity index (χ3v) is 3.96.